The Morgan fingerprint density at radius 1 is 1.25 bits per heavy atom. The number of hydrogen-bond donors (Lipinski definition) is 2. The van der Waals surface area contributed by atoms with Gasteiger partial charge in [-0.1, -0.05) is 6.42 Å². The molecule has 1 aromatic carbocycles. The lowest BCUT2D eigenvalue weighted by molar-refractivity contribution is 0.440. The van der Waals surface area contributed by atoms with E-state index in [1.165, 1.54) is 36.9 Å². The molecule has 2 heteroatoms. The third-order valence-electron chi connectivity index (χ3n) is 4.36. The zero-order valence-corrected chi connectivity index (χ0v) is 9.87. The lowest BCUT2D eigenvalue weighted by Crippen LogP contribution is -2.25. The van der Waals surface area contributed by atoms with Crippen molar-refractivity contribution in [2.75, 3.05) is 11.1 Å². The molecule has 2 bridgehead atoms. The summed E-state index contributed by atoms with van der Waals surface area (Å²) in [7, 11) is 0. The van der Waals surface area contributed by atoms with Crippen LogP contribution in [0.4, 0.5) is 11.4 Å². The van der Waals surface area contributed by atoms with Crippen molar-refractivity contribution in [3.8, 4) is 0 Å². The molecular formula is C14H20N2. The van der Waals surface area contributed by atoms with E-state index in [9.17, 15) is 0 Å². The summed E-state index contributed by atoms with van der Waals surface area (Å²) in [4.78, 5) is 0. The third-order valence-corrected chi connectivity index (χ3v) is 4.36. The number of nitrogen functional groups attached to an aromatic ring is 1. The molecule has 3 N–H and O–H groups in total. The van der Waals surface area contributed by atoms with Gasteiger partial charge in [0.05, 0.1) is 0 Å². The van der Waals surface area contributed by atoms with Crippen LogP contribution in [0.1, 0.15) is 31.2 Å². The van der Waals surface area contributed by atoms with Gasteiger partial charge in [-0.15, -0.1) is 0 Å². The molecule has 2 saturated carbocycles. The Balaban J connectivity index is 1.72. The minimum absolute atomic E-state index is 0.710. The Bertz CT molecular complexity index is 400. The molecule has 3 unspecified atom stereocenters. The van der Waals surface area contributed by atoms with E-state index < -0.39 is 0 Å². The summed E-state index contributed by atoms with van der Waals surface area (Å²) in [6, 6.07) is 6.99. The Kier molecular flexibility index (Phi) is 2.31. The highest BCUT2D eigenvalue weighted by Gasteiger charge is 2.39. The van der Waals surface area contributed by atoms with Crippen molar-refractivity contribution < 1.29 is 0 Å². The van der Waals surface area contributed by atoms with Crippen molar-refractivity contribution in [1.29, 1.82) is 0 Å². The Morgan fingerprint density at radius 3 is 2.75 bits per heavy atom. The minimum Gasteiger partial charge on any atom is -0.399 e. The van der Waals surface area contributed by atoms with Crippen LogP contribution in [-0.4, -0.2) is 6.04 Å². The summed E-state index contributed by atoms with van der Waals surface area (Å²) < 4.78 is 0. The normalized spacial score (nSPS) is 31.9. The number of nitrogens with two attached hydrogens (primary N) is 1. The average Bonchev–Trinajstić information content (AvgIpc) is 2.85. The van der Waals surface area contributed by atoms with Crippen LogP contribution in [0.2, 0.25) is 0 Å². The van der Waals surface area contributed by atoms with Gasteiger partial charge in [-0.2, -0.15) is 0 Å². The molecule has 2 aliphatic carbocycles. The number of rotatable bonds is 2. The number of nitrogens with one attached hydrogen (secondary N) is 1. The minimum atomic E-state index is 0.710. The summed E-state index contributed by atoms with van der Waals surface area (Å²) in [6.45, 7) is 2.07. The summed E-state index contributed by atoms with van der Waals surface area (Å²) in [6.07, 6.45) is 5.71. The fourth-order valence-corrected chi connectivity index (χ4v) is 3.40. The average molecular weight is 216 g/mol. The van der Waals surface area contributed by atoms with E-state index in [1.54, 1.807) is 0 Å². The molecule has 2 fully saturated rings. The second-order valence-corrected chi connectivity index (χ2v) is 5.50. The number of hydrogen-bond acceptors (Lipinski definition) is 2. The predicted molar refractivity (Wildman–Crippen MR) is 68.5 cm³/mol. The van der Waals surface area contributed by atoms with Crippen molar-refractivity contribution in [3.63, 3.8) is 0 Å². The van der Waals surface area contributed by atoms with Crippen molar-refractivity contribution in [3.05, 3.63) is 23.8 Å². The Hall–Kier alpha value is -1.18. The van der Waals surface area contributed by atoms with E-state index in [0.29, 0.717) is 6.04 Å². The van der Waals surface area contributed by atoms with Gasteiger partial charge in [0.1, 0.15) is 0 Å². The first-order valence-electron chi connectivity index (χ1n) is 6.35. The van der Waals surface area contributed by atoms with Gasteiger partial charge in [0.2, 0.25) is 0 Å². The topological polar surface area (TPSA) is 38.0 Å². The maximum absolute atomic E-state index is 5.83. The van der Waals surface area contributed by atoms with Crippen molar-refractivity contribution >= 4 is 11.4 Å². The highest BCUT2D eigenvalue weighted by atomic mass is 14.9. The summed E-state index contributed by atoms with van der Waals surface area (Å²) >= 11 is 0. The van der Waals surface area contributed by atoms with Gasteiger partial charge >= 0.3 is 0 Å². The summed E-state index contributed by atoms with van der Waals surface area (Å²) in [5.74, 6) is 1.92. The quantitative estimate of drug-likeness (QED) is 0.745. The maximum Gasteiger partial charge on any atom is 0.0346 e. The van der Waals surface area contributed by atoms with Crippen molar-refractivity contribution in [2.45, 2.75) is 38.6 Å². The first-order valence-corrected chi connectivity index (χ1v) is 6.35. The molecule has 2 aliphatic rings. The van der Waals surface area contributed by atoms with Crippen LogP contribution in [0.5, 0.6) is 0 Å². The van der Waals surface area contributed by atoms with Crippen LogP contribution in [0.15, 0.2) is 18.2 Å². The van der Waals surface area contributed by atoms with E-state index >= 15 is 0 Å². The number of fused-ring (bicyclic) bond motifs is 2. The smallest absolute Gasteiger partial charge is 0.0346 e. The fourth-order valence-electron chi connectivity index (χ4n) is 3.40. The standard InChI is InChI=1S/C14H20N2/c1-9-6-12(4-5-13(9)15)16-14-8-10-2-3-11(14)7-10/h4-6,10-11,14,16H,2-3,7-8,15H2,1H3. The molecule has 0 aliphatic heterocycles. The molecule has 0 spiro atoms. The van der Waals surface area contributed by atoms with Crippen molar-refractivity contribution in [2.24, 2.45) is 11.8 Å². The van der Waals surface area contributed by atoms with Crippen LogP contribution >= 0.6 is 0 Å². The van der Waals surface area contributed by atoms with Gasteiger partial charge in [0, 0.05) is 17.4 Å². The first kappa shape index (κ1) is 10.0. The zero-order chi connectivity index (χ0) is 11.1. The van der Waals surface area contributed by atoms with E-state index in [0.717, 1.165) is 17.5 Å². The highest BCUT2D eigenvalue weighted by molar-refractivity contribution is 5.57. The SMILES string of the molecule is Cc1cc(NC2CC3CCC2C3)ccc1N. The molecule has 86 valence electrons. The van der Waals surface area contributed by atoms with Gasteiger partial charge in [-0.3, -0.25) is 0 Å². The molecule has 0 heterocycles. The molecule has 0 radical (unpaired) electrons. The van der Waals surface area contributed by atoms with E-state index in [1.807, 2.05) is 6.07 Å². The van der Waals surface area contributed by atoms with Crippen LogP contribution in [-0.2, 0) is 0 Å². The van der Waals surface area contributed by atoms with Crippen LogP contribution in [0.3, 0.4) is 0 Å². The van der Waals surface area contributed by atoms with Crippen LogP contribution in [0.25, 0.3) is 0 Å². The Labute approximate surface area is 97.2 Å². The molecule has 3 rings (SSSR count). The maximum atomic E-state index is 5.83. The number of anilines is 2. The monoisotopic (exact) mass is 216 g/mol. The highest BCUT2D eigenvalue weighted by Crippen LogP contribution is 2.45. The number of benzene rings is 1. The molecule has 2 nitrogen and oxygen atoms in total. The zero-order valence-electron chi connectivity index (χ0n) is 9.87. The second-order valence-electron chi connectivity index (χ2n) is 5.50. The van der Waals surface area contributed by atoms with Crippen LogP contribution < -0.4 is 11.1 Å². The third kappa shape index (κ3) is 1.66. The van der Waals surface area contributed by atoms with Gasteiger partial charge < -0.3 is 11.1 Å². The molecule has 3 atom stereocenters. The molecule has 0 amide bonds. The molecule has 16 heavy (non-hydrogen) atoms. The lowest BCUT2D eigenvalue weighted by atomic mass is 9.95. The van der Waals surface area contributed by atoms with Crippen LogP contribution in [0, 0.1) is 18.8 Å². The van der Waals surface area contributed by atoms with Gasteiger partial charge in [-0.05, 0) is 61.8 Å². The lowest BCUT2D eigenvalue weighted by Gasteiger charge is -2.24. The number of aryl methyl sites for hydroxylation is 1. The van der Waals surface area contributed by atoms with Gasteiger partial charge in [-0.25, -0.2) is 0 Å². The van der Waals surface area contributed by atoms with E-state index in [2.05, 4.69) is 24.4 Å². The molecular weight excluding hydrogens is 196 g/mol. The first-order chi connectivity index (χ1) is 7.72. The molecule has 0 aromatic heterocycles. The Morgan fingerprint density at radius 2 is 2.12 bits per heavy atom. The largest absolute Gasteiger partial charge is 0.399 e. The van der Waals surface area contributed by atoms with E-state index in [4.69, 9.17) is 5.73 Å². The van der Waals surface area contributed by atoms with E-state index in [-0.39, 0.29) is 0 Å². The van der Waals surface area contributed by atoms with Crippen molar-refractivity contribution in [1.82, 2.24) is 0 Å². The fraction of sp³-hybridized carbons (Fsp3) is 0.571. The van der Waals surface area contributed by atoms with Gasteiger partial charge in [0.25, 0.3) is 0 Å². The summed E-state index contributed by atoms with van der Waals surface area (Å²) in [5.41, 5.74) is 9.13. The second kappa shape index (κ2) is 3.69. The molecule has 1 aromatic rings. The van der Waals surface area contributed by atoms with Gasteiger partial charge in [0.15, 0.2) is 0 Å². The predicted octanol–water partition coefficient (Wildman–Crippen LogP) is 3.18. The molecule has 0 saturated heterocycles. The summed E-state index contributed by atoms with van der Waals surface area (Å²) in [5, 5.41) is 3.68.